The van der Waals surface area contributed by atoms with E-state index in [1.54, 1.807) is 13.0 Å². The van der Waals surface area contributed by atoms with Crippen molar-refractivity contribution in [2.24, 2.45) is 0 Å². The van der Waals surface area contributed by atoms with Gasteiger partial charge >= 0.3 is 6.01 Å². The highest BCUT2D eigenvalue weighted by molar-refractivity contribution is 5.95. The second kappa shape index (κ2) is 7.35. The fraction of sp³-hybridized carbons (Fsp3) is 0.462. The predicted octanol–water partition coefficient (Wildman–Crippen LogP) is 1.69. The summed E-state index contributed by atoms with van der Waals surface area (Å²) in [5.74, 6) is 0.388. The van der Waals surface area contributed by atoms with Crippen LogP contribution >= 0.6 is 0 Å². The van der Waals surface area contributed by atoms with Gasteiger partial charge < -0.3 is 10.1 Å². The molecule has 0 aliphatic carbocycles. The van der Waals surface area contributed by atoms with Gasteiger partial charge in [0.25, 0.3) is 0 Å². The van der Waals surface area contributed by atoms with Gasteiger partial charge in [-0.2, -0.15) is 4.98 Å². The van der Waals surface area contributed by atoms with Crippen LogP contribution in [0.5, 0.6) is 6.01 Å². The Kier molecular flexibility index (Phi) is 5.78. The zero-order valence-electron chi connectivity index (χ0n) is 11.6. The van der Waals surface area contributed by atoms with Gasteiger partial charge in [0.1, 0.15) is 0 Å². The number of nitrogens with zero attached hydrogens (tertiary/aromatic N) is 2. The van der Waals surface area contributed by atoms with E-state index in [1.807, 2.05) is 13.8 Å². The number of H-pyrrole nitrogens is 1. The van der Waals surface area contributed by atoms with Crippen LogP contribution in [0.1, 0.15) is 33.0 Å². The lowest BCUT2D eigenvalue weighted by molar-refractivity contribution is -0.117. The van der Waals surface area contributed by atoms with E-state index in [1.165, 1.54) is 0 Å². The minimum atomic E-state index is -0.104. The molecule has 6 heteroatoms. The smallest absolute Gasteiger partial charge is 0.335 e. The Hall–Kier alpha value is -2.11. The Morgan fingerprint density at radius 1 is 1.53 bits per heavy atom. The zero-order chi connectivity index (χ0) is 14.3. The molecule has 0 saturated carbocycles. The van der Waals surface area contributed by atoms with Gasteiger partial charge in [-0.1, -0.05) is 13.5 Å². The lowest BCUT2D eigenvalue weighted by Gasteiger charge is -2.03. The molecule has 0 bridgehead atoms. The number of hydrogen-bond acceptors (Lipinski definition) is 4. The van der Waals surface area contributed by atoms with E-state index in [-0.39, 0.29) is 11.9 Å². The van der Waals surface area contributed by atoms with Gasteiger partial charge in [0.05, 0.1) is 6.61 Å². The van der Waals surface area contributed by atoms with Crippen LogP contribution in [0.4, 0.5) is 0 Å². The molecular formula is C13H20N4O2. The molecule has 0 aliphatic heterocycles. The van der Waals surface area contributed by atoms with Crippen molar-refractivity contribution in [3.63, 3.8) is 0 Å². The van der Waals surface area contributed by atoms with Gasteiger partial charge in [0.15, 0.2) is 5.82 Å². The number of aromatic amines is 1. The molecule has 1 aromatic rings. The quantitative estimate of drug-likeness (QED) is 0.580. The van der Waals surface area contributed by atoms with Gasteiger partial charge in [0.2, 0.25) is 5.91 Å². The normalized spacial score (nSPS) is 11.2. The highest BCUT2D eigenvalue weighted by Gasteiger charge is 2.08. The number of allylic oxidation sites excluding steroid dienone is 2. The third-order valence-corrected chi connectivity index (χ3v) is 2.33. The number of ether oxygens (including phenoxy) is 1. The first-order valence-corrected chi connectivity index (χ1v) is 6.29. The number of hydrogen-bond donors (Lipinski definition) is 2. The van der Waals surface area contributed by atoms with Crippen LogP contribution in [0, 0.1) is 0 Å². The minimum Gasteiger partial charge on any atom is -0.463 e. The molecule has 0 aromatic carbocycles. The Morgan fingerprint density at radius 3 is 2.89 bits per heavy atom. The summed E-state index contributed by atoms with van der Waals surface area (Å²) < 4.78 is 5.15. The van der Waals surface area contributed by atoms with Crippen LogP contribution < -0.4 is 10.1 Å². The monoisotopic (exact) mass is 264 g/mol. The summed E-state index contributed by atoms with van der Waals surface area (Å²) in [6.45, 7) is 10.6. The van der Waals surface area contributed by atoms with E-state index in [0.29, 0.717) is 30.1 Å². The third-order valence-electron chi connectivity index (χ3n) is 2.33. The number of rotatable bonds is 7. The lowest BCUT2D eigenvalue weighted by Crippen LogP contribution is -2.24. The van der Waals surface area contributed by atoms with Crippen LogP contribution in [0.25, 0.3) is 5.57 Å². The Morgan fingerprint density at radius 2 is 2.26 bits per heavy atom. The molecular weight excluding hydrogens is 244 g/mol. The van der Waals surface area contributed by atoms with E-state index in [2.05, 4.69) is 27.1 Å². The first-order chi connectivity index (χ1) is 9.08. The maximum absolute atomic E-state index is 11.7. The lowest BCUT2D eigenvalue weighted by atomic mass is 10.1. The van der Waals surface area contributed by atoms with E-state index < -0.39 is 0 Å². The molecule has 1 aromatic heterocycles. The predicted molar refractivity (Wildman–Crippen MR) is 73.6 cm³/mol. The van der Waals surface area contributed by atoms with Crippen molar-refractivity contribution in [1.82, 2.24) is 20.5 Å². The molecule has 104 valence electrons. The summed E-state index contributed by atoms with van der Waals surface area (Å²) in [5.41, 5.74) is 1.16. The van der Waals surface area contributed by atoms with Crippen molar-refractivity contribution in [2.45, 2.75) is 27.2 Å². The van der Waals surface area contributed by atoms with Crippen LogP contribution in [0.2, 0.25) is 0 Å². The highest BCUT2D eigenvalue weighted by Crippen LogP contribution is 2.13. The summed E-state index contributed by atoms with van der Waals surface area (Å²) in [6.07, 6.45) is 2.57. The minimum absolute atomic E-state index is 0.104. The van der Waals surface area contributed by atoms with E-state index in [9.17, 15) is 4.79 Å². The average molecular weight is 264 g/mol. The number of aromatic nitrogens is 3. The molecule has 0 spiro atoms. The van der Waals surface area contributed by atoms with Crippen molar-refractivity contribution < 1.29 is 9.53 Å². The molecule has 6 nitrogen and oxygen atoms in total. The molecule has 2 N–H and O–H groups in total. The fourth-order valence-corrected chi connectivity index (χ4v) is 1.36. The molecule has 1 rings (SSSR count). The molecule has 1 amide bonds. The fourth-order valence-electron chi connectivity index (χ4n) is 1.36. The summed E-state index contributed by atoms with van der Waals surface area (Å²) in [7, 11) is 0. The van der Waals surface area contributed by atoms with E-state index in [4.69, 9.17) is 4.74 Å². The van der Waals surface area contributed by atoms with Gasteiger partial charge in [-0.3, -0.25) is 9.89 Å². The molecule has 0 unspecified atom stereocenters. The number of carbonyl (C=O) groups excluding carboxylic acids is 1. The Balaban J connectivity index is 2.68. The van der Waals surface area contributed by atoms with Crippen molar-refractivity contribution in [3.05, 3.63) is 24.1 Å². The molecule has 0 fully saturated rings. The van der Waals surface area contributed by atoms with Gasteiger partial charge in [-0.05, 0) is 26.3 Å². The van der Waals surface area contributed by atoms with Crippen LogP contribution in [0.15, 0.2) is 18.2 Å². The van der Waals surface area contributed by atoms with Crippen LogP contribution in [-0.2, 0) is 4.79 Å². The van der Waals surface area contributed by atoms with E-state index in [0.717, 1.165) is 6.42 Å². The highest BCUT2D eigenvalue weighted by atomic mass is 16.5. The second-order valence-electron chi connectivity index (χ2n) is 4.01. The summed E-state index contributed by atoms with van der Waals surface area (Å²) in [5, 5.41) is 9.39. The zero-order valence-corrected chi connectivity index (χ0v) is 11.6. The second-order valence-corrected chi connectivity index (χ2v) is 4.01. The Bertz CT molecular complexity index is 477. The van der Waals surface area contributed by atoms with Crippen molar-refractivity contribution in [2.75, 3.05) is 13.2 Å². The molecule has 0 atom stereocenters. The maximum Gasteiger partial charge on any atom is 0.335 e. The first-order valence-electron chi connectivity index (χ1n) is 6.29. The topological polar surface area (TPSA) is 79.9 Å². The number of nitrogens with one attached hydrogen (secondary N) is 2. The number of amides is 1. The summed E-state index contributed by atoms with van der Waals surface area (Å²) >= 11 is 0. The molecule has 0 saturated heterocycles. The van der Waals surface area contributed by atoms with Gasteiger partial charge in [-0.25, -0.2) is 0 Å². The molecule has 1 heterocycles. The summed E-state index contributed by atoms with van der Waals surface area (Å²) in [6, 6.07) is 0.278. The first kappa shape index (κ1) is 14.9. The SMILES string of the molecule is C=C(/C=C(\C)C(=O)NCCC)c1nc(OCC)n[nH]1. The van der Waals surface area contributed by atoms with E-state index >= 15 is 0 Å². The molecule has 0 aliphatic rings. The average Bonchev–Trinajstić information content (AvgIpc) is 2.85. The Labute approximate surface area is 113 Å². The van der Waals surface area contributed by atoms with Crippen LogP contribution in [0.3, 0.4) is 0 Å². The van der Waals surface area contributed by atoms with Crippen LogP contribution in [-0.4, -0.2) is 34.2 Å². The molecule has 0 radical (unpaired) electrons. The molecule has 19 heavy (non-hydrogen) atoms. The van der Waals surface area contributed by atoms with Crippen molar-refractivity contribution in [3.8, 4) is 6.01 Å². The third kappa shape index (κ3) is 4.57. The standard InChI is InChI=1S/C13H20N4O2/c1-5-7-14-12(18)10(4)8-9(3)11-15-13(17-16-11)19-6-2/h8H,3,5-7H2,1-2,4H3,(H,14,18)(H,15,16,17)/b10-8+. The van der Waals surface area contributed by atoms with Crippen molar-refractivity contribution in [1.29, 1.82) is 0 Å². The number of carbonyl (C=O) groups is 1. The van der Waals surface area contributed by atoms with Gasteiger partial charge in [0, 0.05) is 17.7 Å². The van der Waals surface area contributed by atoms with Gasteiger partial charge in [-0.15, -0.1) is 5.10 Å². The largest absolute Gasteiger partial charge is 0.463 e. The summed E-state index contributed by atoms with van der Waals surface area (Å²) in [4.78, 5) is 15.8. The van der Waals surface area contributed by atoms with Crippen molar-refractivity contribution >= 4 is 11.5 Å². The maximum atomic E-state index is 11.7.